The van der Waals surface area contributed by atoms with Crippen LogP contribution >= 0.6 is 0 Å². The monoisotopic (exact) mass is 277 g/mol. The van der Waals surface area contributed by atoms with E-state index in [1.165, 1.54) is 77.0 Å². The Kier molecular flexibility index (Phi) is 5.07. The molecule has 0 radical (unpaired) electrons. The van der Waals surface area contributed by atoms with E-state index in [0.717, 1.165) is 29.6 Å². The first-order valence-electron chi connectivity index (χ1n) is 9.55. The smallest absolute Gasteiger partial charge is 0.00983 e. The highest BCUT2D eigenvalue weighted by molar-refractivity contribution is 4.92. The van der Waals surface area contributed by atoms with E-state index >= 15 is 0 Å². The SMILES string of the molecule is CCC1CCCCC1C(N)C1CCC2CCCCC2C1. The van der Waals surface area contributed by atoms with E-state index in [1.807, 2.05) is 0 Å². The quantitative estimate of drug-likeness (QED) is 0.759. The van der Waals surface area contributed by atoms with Crippen LogP contribution in [0.2, 0.25) is 0 Å². The van der Waals surface area contributed by atoms with E-state index in [-0.39, 0.29) is 0 Å². The van der Waals surface area contributed by atoms with Crippen molar-refractivity contribution in [2.75, 3.05) is 0 Å². The molecule has 0 saturated heterocycles. The summed E-state index contributed by atoms with van der Waals surface area (Å²) in [5.41, 5.74) is 6.81. The fraction of sp³-hybridized carbons (Fsp3) is 1.00. The van der Waals surface area contributed by atoms with E-state index in [4.69, 9.17) is 5.73 Å². The van der Waals surface area contributed by atoms with Gasteiger partial charge in [0.25, 0.3) is 0 Å². The minimum atomic E-state index is 0.517. The van der Waals surface area contributed by atoms with Crippen LogP contribution in [0.4, 0.5) is 0 Å². The van der Waals surface area contributed by atoms with Crippen LogP contribution in [0.15, 0.2) is 0 Å². The van der Waals surface area contributed by atoms with Crippen LogP contribution in [0.3, 0.4) is 0 Å². The molecule has 116 valence electrons. The van der Waals surface area contributed by atoms with Gasteiger partial charge in [-0.15, -0.1) is 0 Å². The van der Waals surface area contributed by atoms with Gasteiger partial charge in [-0.25, -0.2) is 0 Å². The maximum atomic E-state index is 6.81. The molecule has 3 rings (SSSR count). The summed E-state index contributed by atoms with van der Waals surface area (Å²) in [6.07, 6.45) is 17.5. The minimum Gasteiger partial charge on any atom is -0.327 e. The molecule has 0 aromatic carbocycles. The van der Waals surface area contributed by atoms with E-state index in [0.29, 0.717) is 6.04 Å². The molecule has 0 bridgehead atoms. The lowest BCUT2D eigenvalue weighted by molar-refractivity contribution is 0.0802. The molecule has 0 amide bonds. The molecule has 0 aromatic rings. The second-order valence-electron chi connectivity index (χ2n) is 8.07. The molecule has 0 aromatic heterocycles. The topological polar surface area (TPSA) is 26.0 Å². The molecule has 6 atom stereocenters. The average molecular weight is 277 g/mol. The van der Waals surface area contributed by atoms with Gasteiger partial charge in [0.15, 0.2) is 0 Å². The van der Waals surface area contributed by atoms with Crippen molar-refractivity contribution in [1.82, 2.24) is 0 Å². The van der Waals surface area contributed by atoms with Crippen LogP contribution in [-0.4, -0.2) is 6.04 Å². The van der Waals surface area contributed by atoms with Crippen molar-refractivity contribution in [2.45, 2.75) is 90.0 Å². The number of hydrogen-bond acceptors (Lipinski definition) is 1. The highest BCUT2D eigenvalue weighted by Gasteiger charge is 2.38. The molecule has 20 heavy (non-hydrogen) atoms. The molecule has 1 nitrogen and oxygen atoms in total. The van der Waals surface area contributed by atoms with Crippen LogP contribution in [-0.2, 0) is 0 Å². The molecule has 0 aliphatic heterocycles. The Morgan fingerprint density at radius 3 is 2.35 bits per heavy atom. The van der Waals surface area contributed by atoms with Gasteiger partial charge in [0, 0.05) is 6.04 Å². The zero-order valence-electron chi connectivity index (χ0n) is 13.5. The first-order chi connectivity index (χ1) is 9.79. The lowest BCUT2D eigenvalue weighted by atomic mass is 9.62. The Morgan fingerprint density at radius 2 is 1.55 bits per heavy atom. The highest BCUT2D eigenvalue weighted by Crippen LogP contribution is 2.46. The molecule has 3 saturated carbocycles. The van der Waals surface area contributed by atoms with Gasteiger partial charge in [-0.05, 0) is 55.3 Å². The zero-order valence-corrected chi connectivity index (χ0v) is 13.5. The van der Waals surface area contributed by atoms with Crippen molar-refractivity contribution in [3.63, 3.8) is 0 Å². The zero-order chi connectivity index (χ0) is 13.9. The van der Waals surface area contributed by atoms with Gasteiger partial charge >= 0.3 is 0 Å². The molecule has 3 fully saturated rings. The summed E-state index contributed by atoms with van der Waals surface area (Å²) >= 11 is 0. The number of fused-ring (bicyclic) bond motifs is 1. The largest absolute Gasteiger partial charge is 0.327 e. The van der Waals surface area contributed by atoms with E-state index < -0.39 is 0 Å². The van der Waals surface area contributed by atoms with Gasteiger partial charge in [-0.3, -0.25) is 0 Å². The second kappa shape index (κ2) is 6.81. The summed E-state index contributed by atoms with van der Waals surface area (Å²) in [7, 11) is 0. The highest BCUT2D eigenvalue weighted by atomic mass is 14.7. The third-order valence-electron chi connectivity index (χ3n) is 7.11. The van der Waals surface area contributed by atoms with Crippen LogP contribution < -0.4 is 5.73 Å². The fourth-order valence-electron chi connectivity index (χ4n) is 5.86. The van der Waals surface area contributed by atoms with Gasteiger partial charge in [-0.2, -0.15) is 0 Å². The molecule has 1 heteroatoms. The Hall–Kier alpha value is -0.0400. The molecule has 2 N–H and O–H groups in total. The van der Waals surface area contributed by atoms with Crippen LogP contribution in [0, 0.1) is 29.6 Å². The summed E-state index contributed by atoms with van der Waals surface area (Å²) in [5.74, 6) is 4.74. The second-order valence-corrected chi connectivity index (χ2v) is 8.07. The molecule has 6 unspecified atom stereocenters. The molecular formula is C19H35N. The lowest BCUT2D eigenvalue weighted by Crippen LogP contribution is -2.45. The first-order valence-corrected chi connectivity index (χ1v) is 9.55. The van der Waals surface area contributed by atoms with Crippen molar-refractivity contribution in [1.29, 1.82) is 0 Å². The van der Waals surface area contributed by atoms with Gasteiger partial charge in [0.2, 0.25) is 0 Å². The maximum absolute atomic E-state index is 6.81. The lowest BCUT2D eigenvalue weighted by Gasteiger charge is -2.45. The normalized spacial score (nSPS) is 43.8. The predicted molar refractivity (Wildman–Crippen MR) is 86.5 cm³/mol. The predicted octanol–water partition coefficient (Wildman–Crippen LogP) is 5.14. The number of hydrogen-bond donors (Lipinski definition) is 1. The number of rotatable bonds is 3. The van der Waals surface area contributed by atoms with Gasteiger partial charge in [-0.1, -0.05) is 58.3 Å². The minimum absolute atomic E-state index is 0.517. The first kappa shape index (κ1) is 14.9. The third-order valence-corrected chi connectivity index (χ3v) is 7.11. The van der Waals surface area contributed by atoms with Gasteiger partial charge < -0.3 is 5.73 Å². The molecular weight excluding hydrogens is 242 g/mol. The number of nitrogens with two attached hydrogens (primary N) is 1. The fourth-order valence-corrected chi connectivity index (χ4v) is 5.86. The van der Waals surface area contributed by atoms with E-state index in [9.17, 15) is 0 Å². The van der Waals surface area contributed by atoms with E-state index in [2.05, 4.69) is 6.92 Å². The Bertz CT molecular complexity index is 300. The van der Waals surface area contributed by atoms with Gasteiger partial charge in [0.05, 0.1) is 0 Å². The summed E-state index contributed by atoms with van der Waals surface area (Å²) < 4.78 is 0. The average Bonchev–Trinajstić information content (AvgIpc) is 2.53. The summed E-state index contributed by atoms with van der Waals surface area (Å²) in [4.78, 5) is 0. The molecule has 3 aliphatic rings. The van der Waals surface area contributed by atoms with E-state index in [1.54, 1.807) is 0 Å². The third kappa shape index (κ3) is 3.08. The molecule has 0 spiro atoms. The van der Waals surface area contributed by atoms with Crippen molar-refractivity contribution in [3.05, 3.63) is 0 Å². The summed E-state index contributed by atoms with van der Waals surface area (Å²) in [6, 6.07) is 0.517. The van der Waals surface area contributed by atoms with Crippen molar-refractivity contribution in [3.8, 4) is 0 Å². The Balaban J connectivity index is 1.60. The molecule has 3 aliphatic carbocycles. The van der Waals surface area contributed by atoms with Gasteiger partial charge in [0.1, 0.15) is 0 Å². The van der Waals surface area contributed by atoms with Crippen molar-refractivity contribution < 1.29 is 0 Å². The van der Waals surface area contributed by atoms with Crippen molar-refractivity contribution in [2.24, 2.45) is 35.3 Å². The summed E-state index contributed by atoms with van der Waals surface area (Å²) in [6.45, 7) is 2.38. The Morgan fingerprint density at radius 1 is 0.850 bits per heavy atom. The molecule has 0 heterocycles. The van der Waals surface area contributed by atoms with Crippen molar-refractivity contribution >= 4 is 0 Å². The standard InChI is InChI=1S/C19H35N/c1-2-14-7-5-6-10-18(14)19(20)17-12-11-15-8-3-4-9-16(15)13-17/h14-19H,2-13,20H2,1H3. The maximum Gasteiger partial charge on any atom is 0.00983 e. The van der Waals surface area contributed by atoms with Crippen LogP contribution in [0.5, 0.6) is 0 Å². The summed E-state index contributed by atoms with van der Waals surface area (Å²) in [5, 5.41) is 0. The Labute approximate surface area is 126 Å². The van der Waals surface area contributed by atoms with Crippen LogP contribution in [0.25, 0.3) is 0 Å². The van der Waals surface area contributed by atoms with Crippen LogP contribution in [0.1, 0.15) is 84.0 Å².